The van der Waals surface area contributed by atoms with Gasteiger partial charge in [0, 0.05) is 25.7 Å². The Morgan fingerprint density at radius 3 is 2.43 bits per heavy atom. The molecule has 3 rings (SSSR count). The molecule has 2 aromatic rings. The van der Waals surface area contributed by atoms with Crippen LogP contribution in [0.5, 0.6) is 0 Å². The minimum absolute atomic E-state index is 0.254. The predicted molar refractivity (Wildman–Crippen MR) is 120 cm³/mol. The highest BCUT2D eigenvalue weighted by Gasteiger charge is 2.32. The van der Waals surface area contributed by atoms with Gasteiger partial charge in [-0.1, -0.05) is 54.4 Å². The van der Waals surface area contributed by atoms with Gasteiger partial charge in [-0.05, 0) is 53.6 Å². The Labute approximate surface area is 190 Å². The first-order valence-electron chi connectivity index (χ1n) is 9.76. The molecule has 3 nitrogen and oxygen atoms in total. The van der Waals surface area contributed by atoms with Gasteiger partial charge in [0.25, 0.3) is 0 Å². The molecule has 0 saturated carbocycles. The molecule has 0 unspecified atom stereocenters. The second kappa shape index (κ2) is 10.9. The van der Waals surface area contributed by atoms with Crippen molar-refractivity contribution in [2.24, 2.45) is 0 Å². The van der Waals surface area contributed by atoms with E-state index in [4.69, 9.17) is 23.2 Å². The molecule has 0 bridgehead atoms. The number of nitrogens with zero attached hydrogens (tertiary/aromatic N) is 1. The minimum atomic E-state index is -0.801. The molecule has 2 atom stereocenters. The third kappa shape index (κ3) is 6.42. The number of aliphatic hydroxyl groups is 1. The Hall–Kier alpha value is -1.15. The summed E-state index contributed by atoms with van der Waals surface area (Å²) >= 11 is 13.5. The van der Waals surface area contributed by atoms with Crippen molar-refractivity contribution >= 4 is 35.1 Å². The van der Waals surface area contributed by atoms with Gasteiger partial charge in [-0.3, -0.25) is 0 Å². The molecule has 0 aliphatic carbocycles. The molecule has 1 heterocycles. The molecule has 0 amide bonds. The van der Waals surface area contributed by atoms with Crippen molar-refractivity contribution in [2.75, 3.05) is 13.1 Å². The van der Waals surface area contributed by atoms with E-state index in [2.05, 4.69) is 24.4 Å². The fourth-order valence-corrected chi connectivity index (χ4v) is 4.97. The fraction of sp³-hybridized carbons (Fsp3) is 0.364. The number of rotatable bonds is 9. The Kier molecular flexibility index (Phi) is 8.57. The van der Waals surface area contributed by atoms with Gasteiger partial charge in [0.05, 0.1) is 17.2 Å². The largest absolute Gasteiger partial charge is 0.390 e. The molecular formula is C22H24Cl2F2N2OS. The van der Waals surface area contributed by atoms with Gasteiger partial charge in [0.2, 0.25) is 0 Å². The van der Waals surface area contributed by atoms with Crippen molar-refractivity contribution in [3.63, 3.8) is 0 Å². The summed E-state index contributed by atoms with van der Waals surface area (Å²) in [6.45, 7) is 3.39. The molecule has 2 aromatic carbocycles. The molecule has 30 heavy (non-hydrogen) atoms. The molecule has 2 N–H and O–H groups in total. The maximum atomic E-state index is 13.6. The summed E-state index contributed by atoms with van der Waals surface area (Å²) in [6, 6.07) is 11.2. The van der Waals surface area contributed by atoms with Gasteiger partial charge in [-0.2, -0.15) is 0 Å². The average Bonchev–Trinajstić information content (AvgIpc) is 3.03. The smallest absolute Gasteiger partial charge is 0.126 e. The molecule has 0 spiro atoms. The number of aryl methyl sites for hydroxylation is 1. The molecule has 0 fully saturated rings. The number of hydrogen-bond donors (Lipinski definition) is 2. The number of nitrogens with one attached hydrogen (secondary N) is 1. The normalized spacial score (nSPS) is 16.9. The van der Waals surface area contributed by atoms with Crippen LogP contribution in [-0.4, -0.2) is 34.6 Å². The lowest BCUT2D eigenvalue weighted by molar-refractivity contribution is 0.0970. The van der Waals surface area contributed by atoms with Crippen molar-refractivity contribution < 1.29 is 13.9 Å². The van der Waals surface area contributed by atoms with Crippen LogP contribution in [0.3, 0.4) is 0 Å². The van der Waals surface area contributed by atoms with E-state index in [9.17, 15) is 13.9 Å². The predicted octanol–water partition coefficient (Wildman–Crippen LogP) is 5.20. The summed E-state index contributed by atoms with van der Waals surface area (Å²) in [5.74, 6) is -1.29. The monoisotopic (exact) mass is 472 g/mol. The van der Waals surface area contributed by atoms with Crippen LogP contribution < -0.4 is 5.32 Å². The molecule has 1 aliphatic heterocycles. The molecule has 1 aliphatic rings. The Balaban J connectivity index is 1.67. The second-order valence-electron chi connectivity index (χ2n) is 7.27. The molecule has 0 radical (unpaired) electrons. The van der Waals surface area contributed by atoms with E-state index < -0.39 is 23.8 Å². The van der Waals surface area contributed by atoms with E-state index in [0.717, 1.165) is 18.1 Å². The van der Waals surface area contributed by atoms with Crippen LogP contribution in [0.15, 0.2) is 51.9 Å². The first kappa shape index (κ1) is 23.5. The number of benzene rings is 2. The van der Waals surface area contributed by atoms with Gasteiger partial charge in [-0.15, -0.1) is 0 Å². The van der Waals surface area contributed by atoms with Gasteiger partial charge in [0.1, 0.15) is 16.0 Å². The van der Waals surface area contributed by atoms with Crippen LogP contribution in [-0.2, 0) is 19.4 Å². The van der Waals surface area contributed by atoms with Gasteiger partial charge in [-0.25, -0.2) is 13.1 Å². The van der Waals surface area contributed by atoms with Gasteiger partial charge in [0.15, 0.2) is 0 Å². The highest BCUT2D eigenvalue weighted by molar-refractivity contribution is 8.02. The summed E-state index contributed by atoms with van der Waals surface area (Å²) in [5, 5.41) is 14.7. The van der Waals surface area contributed by atoms with Crippen molar-refractivity contribution in [3.8, 4) is 0 Å². The van der Waals surface area contributed by atoms with Crippen molar-refractivity contribution in [2.45, 2.75) is 38.5 Å². The van der Waals surface area contributed by atoms with E-state index in [-0.39, 0.29) is 6.42 Å². The first-order chi connectivity index (χ1) is 14.4. The van der Waals surface area contributed by atoms with Crippen LogP contribution in [0.25, 0.3) is 0 Å². The van der Waals surface area contributed by atoms with Gasteiger partial charge < -0.3 is 10.4 Å². The Bertz CT molecular complexity index is 878. The third-order valence-corrected chi connectivity index (χ3v) is 6.96. The summed E-state index contributed by atoms with van der Waals surface area (Å²) in [6.07, 6.45) is 0.415. The lowest BCUT2D eigenvalue weighted by Crippen LogP contribution is -2.45. The summed E-state index contributed by atoms with van der Waals surface area (Å²) in [4.78, 5) is 0. The van der Waals surface area contributed by atoms with Crippen LogP contribution in [0.2, 0.25) is 0 Å². The van der Waals surface area contributed by atoms with Crippen molar-refractivity contribution in [1.29, 1.82) is 0 Å². The van der Waals surface area contributed by atoms with E-state index in [0.29, 0.717) is 34.6 Å². The molecule has 162 valence electrons. The lowest BCUT2D eigenvalue weighted by Gasteiger charge is -2.31. The standard InChI is InChI=1S/C22H24Cl2F2N2OS/c1-2-14-4-3-5-15(6-14)11-27-12-21(29)20(28-13-19(23)22(24)30-28)9-16-7-17(25)10-18(26)8-16/h3-8,10,20-21,27,29H,2,9,11-13H2,1H3/t20-,21+/m0/s1. The van der Waals surface area contributed by atoms with E-state index in [1.807, 2.05) is 16.4 Å². The van der Waals surface area contributed by atoms with Gasteiger partial charge >= 0.3 is 0 Å². The average molecular weight is 473 g/mol. The zero-order valence-electron chi connectivity index (χ0n) is 16.5. The quantitative estimate of drug-likeness (QED) is 0.491. The third-order valence-electron chi connectivity index (χ3n) is 4.97. The maximum Gasteiger partial charge on any atom is 0.126 e. The van der Waals surface area contributed by atoms with Crippen LogP contribution in [0.4, 0.5) is 8.78 Å². The molecule has 0 aromatic heterocycles. The topological polar surface area (TPSA) is 35.5 Å². The fourth-order valence-electron chi connectivity index (χ4n) is 3.43. The summed E-state index contributed by atoms with van der Waals surface area (Å²) in [5.41, 5.74) is 2.85. The van der Waals surface area contributed by atoms with Crippen LogP contribution >= 0.6 is 35.1 Å². The molecule has 8 heteroatoms. The Morgan fingerprint density at radius 2 is 1.80 bits per heavy atom. The summed E-state index contributed by atoms with van der Waals surface area (Å²) in [7, 11) is 0. The SMILES string of the molecule is CCc1cccc(CNC[C@@H](O)[C@H](Cc2cc(F)cc(F)c2)N2CC(Cl)=C(Cl)S2)c1. The summed E-state index contributed by atoms with van der Waals surface area (Å²) < 4.78 is 29.6. The van der Waals surface area contributed by atoms with E-state index in [1.54, 1.807) is 0 Å². The number of hydrogen-bond acceptors (Lipinski definition) is 4. The molecular weight excluding hydrogens is 449 g/mol. The first-order valence-corrected chi connectivity index (χ1v) is 11.3. The number of aliphatic hydroxyl groups excluding tert-OH is 1. The van der Waals surface area contributed by atoms with Crippen LogP contribution in [0, 0.1) is 11.6 Å². The highest BCUT2D eigenvalue weighted by Crippen LogP contribution is 2.40. The van der Waals surface area contributed by atoms with Crippen LogP contribution in [0.1, 0.15) is 23.6 Å². The maximum absolute atomic E-state index is 13.6. The van der Waals surface area contributed by atoms with E-state index >= 15 is 0 Å². The minimum Gasteiger partial charge on any atom is -0.390 e. The zero-order chi connectivity index (χ0) is 21.7. The lowest BCUT2D eigenvalue weighted by atomic mass is 10.0. The number of halogens is 4. The zero-order valence-corrected chi connectivity index (χ0v) is 18.9. The highest BCUT2D eigenvalue weighted by atomic mass is 35.5. The second-order valence-corrected chi connectivity index (χ2v) is 9.38. The molecule has 0 saturated heterocycles. The Morgan fingerprint density at radius 1 is 1.10 bits per heavy atom. The van der Waals surface area contributed by atoms with Crippen molar-refractivity contribution in [1.82, 2.24) is 9.62 Å². The van der Waals surface area contributed by atoms with Crippen molar-refractivity contribution in [3.05, 3.63) is 80.2 Å². The van der Waals surface area contributed by atoms with E-state index in [1.165, 1.54) is 29.6 Å².